The highest BCUT2D eigenvalue weighted by molar-refractivity contribution is 7.94. The third-order valence-electron chi connectivity index (χ3n) is 6.01. The van der Waals surface area contributed by atoms with Gasteiger partial charge in [-0.1, -0.05) is 36.4 Å². The summed E-state index contributed by atoms with van der Waals surface area (Å²) in [5.41, 5.74) is 1.57. The molecule has 1 N–H and O–H groups in total. The van der Waals surface area contributed by atoms with Crippen molar-refractivity contribution < 1.29 is 21.6 Å². The number of hydrogen-bond donors (Lipinski definition) is 1. The standard InChI is InChI=1S/C22H27N3O5S2/c1-17-9-10-19(25-22(26)11-14-31(25,27)28)15-21(17)32(29,30)23-16-20(24-12-5-6-13-24)18-7-3-2-4-8-18/h2-4,7-10,15,20,23H,5-6,11-14,16H2,1H3/t20-/m1/s1. The van der Waals surface area contributed by atoms with Crippen molar-refractivity contribution in [1.29, 1.82) is 0 Å². The molecule has 32 heavy (non-hydrogen) atoms. The number of nitrogens with zero attached hydrogens (tertiary/aromatic N) is 2. The molecule has 2 aliphatic heterocycles. The second kappa shape index (κ2) is 8.93. The number of aryl methyl sites for hydroxylation is 1. The number of carbonyl (C=O) groups excluding carboxylic acids is 1. The van der Waals surface area contributed by atoms with E-state index in [4.69, 9.17) is 0 Å². The molecule has 2 fully saturated rings. The van der Waals surface area contributed by atoms with Crippen LogP contribution in [0.25, 0.3) is 0 Å². The van der Waals surface area contributed by atoms with Crippen molar-refractivity contribution in [3.63, 3.8) is 0 Å². The minimum atomic E-state index is -3.94. The van der Waals surface area contributed by atoms with Crippen LogP contribution in [0.4, 0.5) is 5.69 Å². The average Bonchev–Trinajstić information content (AvgIpc) is 3.37. The second-order valence-electron chi connectivity index (χ2n) is 8.20. The van der Waals surface area contributed by atoms with Crippen LogP contribution in [0, 0.1) is 6.92 Å². The van der Waals surface area contributed by atoms with E-state index >= 15 is 0 Å². The average molecular weight is 478 g/mol. The molecule has 2 aromatic carbocycles. The van der Waals surface area contributed by atoms with Gasteiger partial charge in [0.05, 0.1) is 16.3 Å². The smallest absolute Gasteiger partial charge is 0.242 e. The molecule has 1 amide bonds. The molecule has 0 unspecified atom stereocenters. The zero-order valence-corrected chi connectivity index (χ0v) is 19.5. The summed E-state index contributed by atoms with van der Waals surface area (Å²) in [7, 11) is -7.72. The highest BCUT2D eigenvalue weighted by Gasteiger charge is 2.37. The minimum Gasteiger partial charge on any atom is -0.295 e. The molecule has 0 saturated carbocycles. The van der Waals surface area contributed by atoms with Gasteiger partial charge in [0.1, 0.15) is 0 Å². The number of rotatable bonds is 7. The van der Waals surface area contributed by atoms with Gasteiger partial charge in [-0.25, -0.2) is 25.9 Å². The molecule has 0 spiro atoms. The summed E-state index contributed by atoms with van der Waals surface area (Å²) in [6, 6.07) is 14.0. The van der Waals surface area contributed by atoms with E-state index in [0.29, 0.717) is 9.87 Å². The summed E-state index contributed by atoms with van der Waals surface area (Å²) in [5.74, 6) is -0.822. The maximum absolute atomic E-state index is 13.2. The molecule has 0 aliphatic carbocycles. The fraction of sp³-hybridized carbons (Fsp3) is 0.409. The number of amides is 1. The van der Waals surface area contributed by atoms with Gasteiger partial charge in [0.25, 0.3) is 0 Å². The molecular formula is C22H27N3O5S2. The Morgan fingerprint density at radius 2 is 1.75 bits per heavy atom. The van der Waals surface area contributed by atoms with E-state index < -0.39 is 26.0 Å². The SMILES string of the molecule is Cc1ccc(N2C(=O)CCS2(=O)=O)cc1S(=O)(=O)NC[C@H](c1ccccc1)N1CCCC1. The minimum absolute atomic E-state index is 0.0295. The Balaban J connectivity index is 1.61. The van der Waals surface area contributed by atoms with Crippen LogP contribution < -0.4 is 9.03 Å². The Hall–Kier alpha value is -2.27. The van der Waals surface area contributed by atoms with Gasteiger partial charge in [0, 0.05) is 19.0 Å². The fourth-order valence-electron chi connectivity index (χ4n) is 4.33. The van der Waals surface area contributed by atoms with Crippen molar-refractivity contribution in [3.05, 3.63) is 59.7 Å². The van der Waals surface area contributed by atoms with E-state index in [1.54, 1.807) is 6.92 Å². The predicted octanol–water partition coefficient (Wildman–Crippen LogP) is 2.18. The second-order valence-corrected chi connectivity index (χ2v) is 11.9. The first-order valence-corrected chi connectivity index (χ1v) is 13.7. The lowest BCUT2D eigenvalue weighted by Gasteiger charge is -2.28. The maximum Gasteiger partial charge on any atom is 0.242 e. The molecule has 0 bridgehead atoms. The Morgan fingerprint density at radius 1 is 1.06 bits per heavy atom. The summed E-state index contributed by atoms with van der Waals surface area (Å²) in [6.45, 7) is 3.65. The lowest BCUT2D eigenvalue weighted by molar-refractivity contribution is -0.116. The van der Waals surface area contributed by atoms with E-state index in [9.17, 15) is 21.6 Å². The van der Waals surface area contributed by atoms with E-state index in [-0.39, 0.29) is 35.3 Å². The van der Waals surface area contributed by atoms with E-state index in [1.807, 2.05) is 30.3 Å². The van der Waals surface area contributed by atoms with Gasteiger partial charge < -0.3 is 0 Å². The van der Waals surface area contributed by atoms with Gasteiger partial charge in [0.2, 0.25) is 26.0 Å². The van der Waals surface area contributed by atoms with Gasteiger partial charge in [0.15, 0.2) is 0 Å². The van der Waals surface area contributed by atoms with Crippen molar-refractivity contribution in [1.82, 2.24) is 9.62 Å². The van der Waals surface area contributed by atoms with Crippen LogP contribution in [0.3, 0.4) is 0 Å². The van der Waals surface area contributed by atoms with Crippen molar-refractivity contribution in [3.8, 4) is 0 Å². The summed E-state index contributed by atoms with van der Waals surface area (Å²) in [4.78, 5) is 14.4. The predicted molar refractivity (Wildman–Crippen MR) is 122 cm³/mol. The van der Waals surface area contributed by atoms with Crippen LogP contribution in [0.5, 0.6) is 0 Å². The Kier molecular flexibility index (Phi) is 6.39. The molecule has 2 saturated heterocycles. The molecule has 2 heterocycles. The number of nitrogens with one attached hydrogen (secondary N) is 1. The zero-order chi connectivity index (χ0) is 22.9. The third-order valence-corrected chi connectivity index (χ3v) is 9.26. The molecule has 172 valence electrons. The maximum atomic E-state index is 13.2. The lowest BCUT2D eigenvalue weighted by Crippen LogP contribution is -2.37. The number of likely N-dealkylation sites (tertiary alicyclic amines) is 1. The Bertz CT molecular complexity index is 1210. The summed E-state index contributed by atoms with van der Waals surface area (Å²) >= 11 is 0. The first kappa shape index (κ1) is 22.9. The molecule has 2 aliphatic rings. The van der Waals surface area contributed by atoms with Gasteiger partial charge >= 0.3 is 0 Å². The molecule has 8 nitrogen and oxygen atoms in total. The lowest BCUT2D eigenvalue weighted by atomic mass is 10.1. The molecule has 4 rings (SSSR count). The van der Waals surface area contributed by atoms with Gasteiger partial charge in [-0.3, -0.25) is 9.69 Å². The molecule has 0 aromatic heterocycles. The molecule has 10 heteroatoms. The normalized spacial score (nSPS) is 20.0. The summed E-state index contributed by atoms with van der Waals surface area (Å²) in [5, 5.41) is 0. The highest BCUT2D eigenvalue weighted by Crippen LogP contribution is 2.30. The number of hydrogen-bond acceptors (Lipinski definition) is 6. The topological polar surface area (TPSA) is 104 Å². The van der Waals surface area contributed by atoms with Crippen LogP contribution in [0.15, 0.2) is 53.4 Å². The van der Waals surface area contributed by atoms with E-state index in [1.165, 1.54) is 18.2 Å². The van der Waals surface area contributed by atoms with Crippen molar-refractivity contribution >= 4 is 31.6 Å². The van der Waals surface area contributed by atoms with Gasteiger partial charge in [-0.15, -0.1) is 0 Å². The number of benzene rings is 2. The number of anilines is 1. The number of carbonyl (C=O) groups is 1. The largest absolute Gasteiger partial charge is 0.295 e. The van der Waals surface area contributed by atoms with Crippen LogP contribution in [-0.4, -0.2) is 53.0 Å². The molecule has 1 atom stereocenters. The van der Waals surface area contributed by atoms with Crippen LogP contribution in [0.1, 0.15) is 36.4 Å². The third kappa shape index (κ3) is 4.59. The van der Waals surface area contributed by atoms with Crippen LogP contribution in [-0.2, 0) is 24.8 Å². The van der Waals surface area contributed by atoms with Crippen molar-refractivity contribution in [2.45, 2.75) is 37.1 Å². The molecular weight excluding hydrogens is 450 g/mol. The summed E-state index contributed by atoms with van der Waals surface area (Å²) in [6.07, 6.45) is 2.05. The van der Waals surface area contributed by atoms with Gasteiger partial charge in [-0.05, 0) is 56.1 Å². The van der Waals surface area contributed by atoms with Crippen molar-refractivity contribution in [2.24, 2.45) is 0 Å². The van der Waals surface area contributed by atoms with E-state index in [2.05, 4.69) is 9.62 Å². The first-order chi connectivity index (χ1) is 15.2. The fourth-order valence-corrected chi connectivity index (χ4v) is 7.08. The number of sulfonamides is 2. The van der Waals surface area contributed by atoms with Gasteiger partial charge in [-0.2, -0.15) is 0 Å². The van der Waals surface area contributed by atoms with Crippen LogP contribution in [0.2, 0.25) is 0 Å². The Morgan fingerprint density at radius 3 is 2.38 bits per heavy atom. The highest BCUT2D eigenvalue weighted by atomic mass is 32.2. The quantitative estimate of drug-likeness (QED) is 0.656. The zero-order valence-electron chi connectivity index (χ0n) is 17.9. The Labute approximate surface area is 189 Å². The first-order valence-electron chi connectivity index (χ1n) is 10.6. The van der Waals surface area contributed by atoms with Crippen LogP contribution >= 0.6 is 0 Å². The monoisotopic (exact) mass is 477 g/mol. The van der Waals surface area contributed by atoms with E-state index in [0.717, 1.165) is 31.5 Å². The van der Waals surface area contributed by atoms with Crippen molar-refractivity contribution in [2.75, 3.05) is 29.7 Å². The summed E-state index contributed by atoms with van der Waals surface area (Å²) < 4.78 is 54.4. The molecule has 2 aromatic rings. The molecule has 0 radical (unpaired) electrons.